The Balaban J connectivity index is 1.59. The second-order valence-corrected chi connectivity index (χ2v) is 6.86. The topological polar surface area (TPSA) is 85.6 Å². The summed E-state index contributed by atoms with van der Waals surface area (Å²) in [6.45, 7) is 1.53. The van der Waals surface area contributed by atoms with Gasteiger partial charge in [-0.15, -0.1) is 0 Å². The number of amides is 1. The Morgan fingerprint density at radius 3 is 2.70 bits per heavy atom. The van der Waals surface area contributed by atoms with Gasteiger partial charge in [0.05, 0.1) is 31.6 Å². The standard InChI is InChI=1S/C23H20N4O3/c1-15(28)17-6-4-7-18(11-17)20-14-27-21(12-24-20)25-13-22(27)26-23(29)10-16-5-3-8-19(9-16)30-2/h3-9,11-14H,10H2,1-2H3,(H,26,29). The largest absolute Gasteiger partial charge is 0.497 e. The third kappa shape index (κ3) is 4.05. The molecular formula is C23H20N4O3. The van der Waals surface area contributed by atoms with Gasteiger partial charge >= 0.3 is 0 Å². The van der Waals surface area contributed by atoms with E-state index in [1.165, 1.54) is 6.92 Å². The van der Waals surface area contributed by atoms with E-state index in [-0.39, 0.29) is 18.1 Å². The molecule has 0 radical (unpaired) electrons. The van der Waals surface area contributed by atoms with E-state index in [1.807, 2.05) is 36.4 Å². The lowest BCUT2D eigenvalue weighted by Crippen LogP contribution is -2.15. The van der Waals surface area contributed by atoms with Crippen LogP contribution >= 0.6 is 0 Å². The van der Waals surface area contributed by atoms with Crippen LogP contribution in [0.25, 0.3) is 16.9 Å². The lowest BCUT2D eigenvalue weighted by molar-refractivity contribution is -0.115. The van der Waals surface area contributed by atoms with E-state index >= 15 is 0 Å². The van der Waals surface area contributed by atoms with Crippen LogP contribution in [0.5, 0.6) is 5.75 Å². The number of carbonyl (C=O) groups is 2. The first-order valence-electron chi connectivity index (χ1n) is 9.41. The molecule has 150 valence electrons. The molecule has 0 atom stereocenters. The van der Waals surface area contributed by atoms with Crippen LogP contribution in [-0.4, -0.2) is 33.2 Å². The van der Waals surface area contributed by atoms with E-state index < -0.39 is 0 Å². The monoisotopic (exact) mass is 400 g/mol. The van der Waals surface area contributed by atoms with E-state index in [0.29, 0.717) is 28.5 Å². The van der Waals surface area contributed by atoms with E-state index in [0.717, 1.165) is 11.1 Å². The molecule has 0 bridgehead atoms. The van der Waals surface area contributed by atoms with Crippen molar-refractivity contribution in [1.29, 1.82) is 0 Å². The van der Waals surface area contributed by atoms with Gasteiger partial charge in [0.1, 0.15) is 11.6 Å². The van der Waals surface area contributed by atoms with E-state index in [9.17, 15) is 9.59 Å². The fourth-order valence-electron chi connectivity index (χ4n) is 3.18. The summed E-state index contributed by atoms with van der Waals surface area (Å²) in [5, 5.41) is 2.90. The molecule has 4 aromatic rings. The predicted molar refractivity (Wildman–Crippen MR) is 114 cm³/mol. The number of hydrogen-bond acceptors (Lipinski definition) is 5. The first-order valence-corrected chi connectivity index (χ1v) is 9.41. The van der Waals surface area contributed by atoms with E-state index in [2.05, 4.69) is 15.3 Å². The smallest absolute Gasteiger partial charge is 0.229 e. The second-order valence-electron chi connectivity index (χ2n) is 6.86. The van der Waals surface area contributed by atoms with Crippen molar-refractivity contribution < 1.29 is 14.3 Å². The molecule has 7 nitrogen and oxygen atoms in total. The summed E-state index contributed by atoms with van der Waals surface area (Å²) >= 11 is 0. The van der Waals surface area contributed by atoms with Gasteiger partial charge in [0.2, 0.25) is 5.91 Å². The molecule has 0 fully saturated rings. The summed E-state index contributed by atoms with van der Waals surface area (Å²) in [6, 6.07) is 14.7. The van der Waals surface area contributed by atoms with Gasteiger partial charge in [-0.2, -0.15) is 0 Å². The van der Waals surface area contributed by atoms with E-state index in [4.69, 9.17) is 4.74 Å². The Hall–Kier alpha value is -4.00. The van der Waals surface area contributed by atoms with Crippen molar-refractivity contribution >= 4 is 23.2 Å². The molecule has 2 aromatic heterocycles. The molecule has 0 saturated carbocycles. The first-order chi connectivity index (χ1) is 14.5. The number of Topliss-reactive ketones (excluding diaryl/α,β-unsaturated/α-hetero) is 1. The SMILES string of the molecule is COc1cccc(CC(=O)Nc2cnc3cnc(-c4cccc(C(C)=O)c4)cn23)c1. The van der Waals surface area contributed by atoms with Gasteiger partial charge in [-0.25, -0.2) is 4.98 Å². The number of nitrogens with one attached hydrogen (secondary N) is 1. The minimum absolute atomic E-state index is 0.00828. The van der Waals surface area contributed by atoms with Crippen LogP contribution in [-0.2, 0) is 11.2 Å². The highest BCUT2D eigenvalue weighted by Crippen LogP contribution is 2.21. The van der Waals surface area contributed by atoms with Gasteiger partial charge in [0.25, 0.3) is 0 Å². The van der Waals surface area contributed by atoms with Crippen LogP contribution < -0.4 is 10.1 Å². The summed E-state index contributed by atoms with van der Waals surface area (Å²) in [5.74, 6) is 1.08. The van der Waals surface area contributed by atoms with Crippen LogP contribution in [0.3, 0.4) is 0 Å². The molecule has 0 saturated heterocycles. The number of carbonyl (C=O) groups excluding carboxylic acids is 2. The molecule has 1 N–H and O–H groups in total. The number of hydrogen-bond donors (Lipinski definition) is 1. The maximum Gasteiger partial charge on any atom is 0.229 e. The number of fused-ring (bicyclic) bond motifs is 1. The van der Waals surface area contributed by atoms with Crippen LogP contribution in [0.4, 0.5) is 5.82 Å². The number of nitrogens with zero attached hydrogens (tertiary/aromatic N) is 3. The number of imidazole rings is 1. The Labute approximate surface area is 173 Å². The number of ether oxygens (including phenoxy) is 1. The zero-order chi connectivity index (χ0) is 21.1. The molecule has 30 heavy (non-hydrogen) atoms. The highest BCUT2D eigenvalue weighted by Gasteiger charge is 2.11. The van der Waals surface area contributed by atoms with Crippen molar-refractivity contribution in [2.75, 3.05) is 12.4 Å². The van der Waals surface area contributed by atoms with Gasteiger partial charge in [-0.3, -0.25) is 19.0 Å². The summed E-state index contributed by atoms with van der Waals surface area (Å²) < 4.78 is 6.97. The van der Waals surface area contributed by atoms with Gasteiger partial charge in [0.15, 0.2) is 11.4 Å². The zero-order valence-electron chi connectivity index (χ0n) is 16.6. The molecule has 2 aromatic carbocycles. The molecule has 0 aliphatic heterocycles. The van der Waals surface area contributed by atoms with E-state index in [1.54, 1.807) is 42.2 Å². The third-order valence-corrected chi connectivity index (χ3v) is 4.73. The minimum atomic E-state index is -0.165. The molecule has 0 aliphatic carbocycles. The average molecular weight is 400 g/mol. The summed E-state index contributed by atoms with van der Waals surface area (Å²) in [4.78, 5) is 33.0. The van der Waals surface area contributed by atoms with Crippen molar-refractivity contribution in [3.8, 4) is 17.0 Å². The summed E-state index contributed by atoms with van der Waals surface area (Å²) in [6.07, 6.45) is 5.23. The number of ketones is 1. The fraction of sp³-hybridized carbons (Fsp3) is 0.130. The maximum atomic E-state index is 12.6. The highest BCUT2D eigenvalue weighted by molar-refractivity contribution is 5.95. The molecule has 4 rings (SSSR count). The Kier molecular flexibility index (Phi) is 5.26. The molecule has 7 heteroatoms. The number of rotatable bonds is 6. The van der Waals surface area contributed by atoms with Crippen LogP contribution in [0.2, 0.25) is 0 Å². The maximum absolute atomic E-state index is 12.6. The van der Waals surface area contributed by atoms with Gasteiger partial charge < -0.3 is 10.1 Å². The van der Waals surface area contributed by atoms with Crippen LogP contribution in [0.15, 0.2) is 67.1 Å². The molecule has 0 spiro atoms. The summed E-state index contributed by atoms with van der Waals surface area (Å²) in [5.41, 5.74) is 3.56. The summed E-state index contributed by atoms with van der Waals surface area (Å²) in [7, 11) is 1.59. The fourth-order valence-corrected chi connectivity index (χ4v) is 3.18. The molecule has 2 heterocycles. The van der Waals surface area contributed by atoms with Gasteiger partial charge in [0, 0.05) is 17.3 Å². The van der Waals surface area contributed by atoms with Crippen molar-refractivity contribution in [2.24, 2.45) is 0 Å². The Bertz CT molecular complexity index is 1250. The molecule has 1 amide bonds. The average Bonchev–Trinajstić information content (AvgIpc) is 3.15. The van der Waals surface area contributed by atoms with Gasteiger partial charge in [-0.05, 0) is 30.7 Å². The number of methoxy groups -OCH3 is 1. The number of aromatic nitrogens is 3. The molecule has 0 unspecified atom stereocenters. The lowest BCUT2D eigenvalue weighted by Gasteiger charge is -2.08. The van der Waals surface area contributed by atoms with Crippen LogP contribution in [0, 0.1) is 0 Å². The normalized spacial score (nSPS) is 10.7. The lowest BCUT2D eigenvalue weighted by atomic mass is 10.1. The minimum Gasteiger partial charge on any atom is -0.497 e. The Morgan fingerprint density at radius 2 is 1.90 bits per heavy atom. The molecule has 0 aliphatic rings. The quantitative estimate of drug-likeness (QED) is 0.498. The van der Waals surface area contributed by atoms with Crippen molar-refractivity contribution in [2.45, 2.75) is 13.3 Å². The van der Waals surface area contributed by atoms with Crippen molar-refractivity contribution in [3.63, 3.8) is 0 Å². The third-order valence-electron chi connectivity index (χ3n) is 4.73. The predicted octanol–water partition coefficient (Wildman–Crippen LogP) is 3.79. The Morgan fingerprint density at radius 1 is 1.07 bits per heavy atom. The van der Waals surface area contributed by atoms with Crippen molar-refractivity contribution in [3.05, 3.63) is 78.2 Å². The first kappa shape index (κ1) is 19.3. The number of anilines is 1. The molecular weight excluding hydrogens is 380 g/mol. The van der Waals surface area contributed by atoms with Crippen LogP contribution in [0.1, 0.15) is 22.8 Å². The highest BCUT2D eigenvalue weighted by atomic mass is 16.5. The van der Waals surface area contributed by atoms with Gasteiger partial charge in [-0.1, -0.05) is 30.3 Å². The zero-order valence-corrected chi connectivity index (χ0v) is 16.6. The second kappa shape index (κ2) is 8.16. The van der Waals surface area contributed by atoms with Crippen molar-refractivity contribution in [1.82, 2.24) is 14.4 Å². The number of benzene rings is 2.